The van der Waals surface area contributed by atoms with Gasteiger partial charge in [0.05, 0.1) is 18.2 Å². The normalized spacial score (nSPS) is 36.6. The summed E-state index contributed by atoms with van der Waals surface area (Å²) in [6, 6.07) is 7.23. The number of likely N-dealkylation sites (tertiary alicyclic amines) is 3. The molecule has 3 amide bonds. The maximum Gasteiger partial charge on any atom is 0.227 e. The molecule has 11 nitrogen and oxygen atoms in total. The van der Waals surface area contributed by atoms with Gasteiger partial charge >= 0.3 is 0 Å². The summed E-state index contributed by atoms with van der Waals surface area (Å²) < 4.78 is 0. The van der Waals surface area contributed by atoms with Gasteiger partial charge in [0.2, 0.25) is 17.7 Å². The lowest BCUT2D eigenvalue weighted by Gasteiger charge is -2.36. The van der Waals surface area contributed by atoms with Gasteiger partial charge in [-0.1, -0.05) is 65.4 Å². The third-order valence-electron chi connectivity index (χ3n) is 17.1. The summed E-state index contributed by atoms with van der Waals surface area (Å²) in [7, 11) is 0. The zero-order valence-corrected chi connectivity index (χ0v) is 34.7. The first kappa shape index (κ1) is 41.7. The predicted octanol–water partition coefficient (Wildman–Crippen LogP) is 6.26. The second kappa shape index (κ2) is 16.3. The second-order valence-corrected chi connectivity index (χ2v) is 19.8. The van der Waals surface area contributed by atoms with E-state index < -0.39 is 0 Å². The van der Waals surface area contributed by atoms with E-state index in [-0.39, 0.29) is 83.1 Å². The molecule has 57 heavy (non-hydrogen) atoms. The van der Waals surface area contributed by atoms with Gasteiger partial charge in [-0.15, -0.1) is 6.58 Å². The summed E-state index contributed by atoms with van der Waals surface area (Å²) in [5.41, 5.74) is -0.488. The van der Waals surface area contributed by atoms with E-state index in [0.717, 1.165) is 103 Å². The summed E-state index contributed by atoms with van der Waals surface area (Å²) in [5.74, 6) is 1.79. The van der Waals surface area contributed by atoms with Gasteiger partial charge in [-0.05, 0) is 100 Å². The molecule has 3 heterocycles. The Balaban J connectivity index is 0.000000131. The molecule has 9 fully saturated rings. The SMILES string of the molecule is C=CC1([C@H](C)C(=O)N2C3C[C@H]3C[C@H]2C#N)CCCC1.C[C@H](C(=O)N1C2C[C@H]2C[C@H]1C#N)C1(CO)CCCC1.C[C@H](C(=O)N1C2C[C@H]2C[C@H]1C#N)C1(CO)CCCC1. The Labute approximate surface area is 340 Å². The molecule has 12 atom stereocenters. The summed E-state index contributed by atoms with van der Waals surface area (Å²) in [6.45, 7) is 10.1. The molecule has 0 aromatic heterocycles. The number of amides is 3. The van der Waals surface area contributed by atoms with Crippen molar-refractivity contribution in [3.8, 4) is 18.2 Å². The van der Waals surface area contributed by atoms with Crippen LogP contribution in [-0.4, -0.2) is 92.1 Å². The molecule has 310 valence electrons. The highest BCUT2D eigenvalue weighted by atomic mass is 16.3. The number of aliphatic hydroxyl groups is 2. The van der Waals surface area contributed by atoms with Crippen LogP contribution in [0.2, 0.25) is 0 Å². The number of aliphatic hydroxyl groups excluding tert-OH is 2. The summed E-state index contributed by atoms with van der Waals surface area (Å²) in [4.78, 5) is 43.9. The van der Waals surface area contributed by atoms with Crippen LogP contribution >= 0.6 is 0 Å². The summed E-state index contributed by atoms with van der Waals surface area (Å²) in [6.07, 6.45) is 20.6. The first-order valence-corrected chi connectivity index (χ1v) is 22.4. The Hall–Kier alpha value is -3.46. The van der Waals surface area contributed by atoms with Gasteiger partial charge in [-0.2, -0.15) is 15.8 Å². The van der Waals surface area contributed by atoms with Gasteiger partial charge in [0, 0.05) is 59.9 Å². The number of rotatable bonds is 9. The molecule has 0 spiro atoms. The van der Waals surface area contributed by atoms with E-state index in [1.165, 1.54) is 12.8 Å². The van der Waals surface area contributed by atoms with Crippen molar-refractivity contribution in [3.05, 3.63) is 12.7 Å². The molecule has 2 N–H and O–H groups in total. The molecule has 0 bridgehead atoms. The second-order valence-electron chi connectivity index (χ2n) is 19.8. The quantitative estimate of drug-likeness (QED) is 0.258. The van der Waals surface area contributed by atoms with Crippen molar-refractivity contribution >= 4 is 17.7 Å². The van der Waals surface area contributed by atoms with Crippen molar-refractivity contribution in [3.63, 3.8) is 0 Å². The maximum absolute atomic E-state index is 12.8. The van der Waals surface area contributed by atoms with Gasteiger partial charge in [0.25, 0.3) is 0 Å². The number of nitriles is 3. The minimum atomic E-state index is -0.232. The Bertz CT molecular complexity index is 1600. The lowest BCUT2D eigenvalue weighted by molar-refractivity contribution is -0.142. The van der Waals surface area contributed by atoms with Crippen molar-refractivity contribution in [1.82, 2.24) is 14.7 Å². The minimum absolute atomic E-state index is 0.0237. The number of nitrogens with zero attached hydrogens (tertiary/aromatic N) is 6. The van der Waals surface area contributed by atoms with E-state index >= 15 is 0 Å². The first-order chi connectivity index (χ1) is 27.4. The van der Waals surface area contributed by atoms with Crippen LogP contribution in [0, 0.1) is 85.7 Å². The van der Waals surface area contributed by atoms with Crippen LogP contribution in [0.4, 0.5) is 0 Å². The van der Waals surface area contributed by atoms with E-state index in [9.17, 15) is 40.4 Å². The highest BCUT2D eigenvalue weighted by Gasteiger charge is 2.59. The van der Waals surface area contributed by atoms with Crippen LogP contribution < -0.4 is 0 Å². The number of carbonyl (C=O) groups excluding carboxylic acids is 3. The third kappa shape index (κ3) is 7.41. The van der Waals surface area contributed by atoms with Crippen LogP contribution in [0.25, 0.3) is 0 Å². The van der Waals surface area contributed by atoms with Crippen LogP contribution in [-0.2, 0) is 14.4 Å². The largest absolute Gasteiger partial charge is 0.396 e. The molecule has 3 unspecified atom stereocenters. The monoisotopic (exact) mass is 783 g/mol. The summed E-state index contributed by atoms with van der Waals surface area (Å²) in [5, 5.41) is 47.1. The molecular formula is C46H66N6O5. The Morgan fingerprint density at radius 3 is 1.16 bits per heavy atom. The van der Waals surface area contributed by atoms with E-state index in [0.29, 0.717) is 35.9 Å². The van der Waals surface area contributed by atoms with Crippen molar-refractivity contribution in [2.45, 2.75) is 173 Å². The van der Waals surface area contributed by atoms with E-state index in [1.807, 2.05) is 41.5 Å². The van der Waals surface area contributed by atoms with Crippen LogP contribution in [0.5, 0.6) is 0 Å². The number of carbonyl (C=O) groups is 3. The third-order valence-corrected chi connectivity index (χ3v) is 17.1. The first-order valence-electron chi connectivity index (χ1n) is 22.4. The lowest BCUT2D eigenvalue weighted by Crippen LogP contribution is -2.46. The average molecular weight is 783 g/mol. The molecule has 3 aliphatic heterocycles. The molecule has 9 aliphatic rings. The van der Waals surface area contributed by atoms with Crippen molar-refractivity contribution in [2.24, 2.45) is 51.8 Å². The molecular weight excluding hydrogens is 717 g/mol. The predicted molar refractivity (Wildman–Crippen MR) is 213 cm³/mol. The standard InChI is InChI=1S/C16H22N2O.2C15H22N2O2/c1-3-16(6-4-5-7-16)11(2)15(19)18-13(10-17)8-12-9-14(12)18;2*1-10(15(9-18)4-2-3-5-15)14(19)17-12(8-16)6-11-7-13(11)17/h3,11-14H,1,4-9H2,2H3;2*10-13,18H,2-7,9H2,1H3/t11-,12-,13+,14?;2*10-,11-,12+,13?/m111/s1. The fourth-order valence-corrected chi connectivity index (χ4v) is 12.6. The van der Waals surface area contributed by atoms with E-state index in [4.69, 9.17) is 0 Å². The summed E-state index contributed by atoms with van der Waals surface area (Å²) >= 11 is 0. The van der Waals surface area contributed by atoms with Crippen LogP contribution in [0.3, 0.4) is 0 Å². The molecule has 0 aromatic carbocycles. The smallest absolute Gasteiger partial charge is 0.227 e. The molecule has 0 aromatic rings. The van der Waals surface area contributed by atoms with Crippen LogP contribution in [0.1, 0.15) is 136 Å². The van der Waals surface area contributed by atoms with Gasteiger partial charge < -0.3 is 24.9 Å². The fraction of sp³-hybridized carbons (Fsp3) is 0.826. The van der Waals surface area contributed by atoms with E-state index in [2.05, 4.69) is 24.8 Å². The number of allylic oxidation sites excluding steroid dienone is 1. The van der Waals surface area contributed by atoms with Crippen molar-refractivity contribution in [2.75, 3.05) is 13.2 Å². The molecule has 3 saturated heterocycles. The fourth-order valence-electron chi connectivity index (χ4n) is 12.6. The molecule has 11 heteroatoms. The molecule has 6 saturated carbocycles. The zero-order chi connectivity index (χ0) is 40.9. The molecule has 0 radical (unpaired) electrons. The van der Waals surface area contributed by atoms with Crippen molar-refractivity contribution < 1.29 is 24.6 Å². The number of fused-ring (bicyclic) bond motifs is 3. The van der Waals surface area contributed by atoms with E-state index in [1.54, 1.807) is 0 Å². The lowest BCUT2D eigenvalue weighted by atomic mass is 9.74. The average Bonchev–Trinajstić information content (AvgIpc) is 3.96. The highest BCUT2D eigenvalue weighted by Crippen LogP contribution is 2.54. The topological polar surface area (TPSA) is 173 Å². The Morgan fingerprint density at radius 2 is 0.877 bits per heavy atom. The maximum atomic E-state index is 12.8. The van der Waals surface area contributed by atoms with Gasteiger partial charge in [-0.3, -0.25) is 14.4 Å². The minimum Gasteiger partial charge on any atom is -0.396 e. The number of hydrogen-bond acceptors (Lipinski definition) is 8. The molecule has 9 rings (SSSR count). The van der Waals surface area contributed by atoms with Gasteiger partial charge in [0.1, 0.15) is 18.1 Å². The van der Waals surface area contributed by atoms with Gasteiger partial charge in [-0.25, -0.2) is 0 Å². The zero-order valence-electron chi connectivity index (χ0n) is 34.7. The highest BCUT2D eigenvalue weighted by molar-refractivity contribution is 5.83. The van der Waals surface area contributed by atoms with Crippen LogP contribution in [0.15, 0.2) is 12.7 Å². The Kier molecular flexibility index (Phi) is 11.9. The molecule has 6 aliphatic carbocycles. The Morgan fingerprint density at radius 1 is 0.579 bits per heavy atom. The number of hydrogen-bond donors (Lipinski definition) is 2. The number of piperidine rings is 3. The van der Waals surface area contributed by atoms with Crippen molar-refractivity contribution in [1.29, 1.82) is 15.8 Å². The van der Waals surface area contributed by atoms with Gasteiger partial charge in [0.15, 0.2) is 0 Å².